The first-order chi connectivity index (χ1) is 12.1. The van der Waals surface area contributed by atoms with Gasteiger partial charge in [-0.15, -0.1) is 0 Å². The van der Waals surface area contributed by atoms with Crippen LogP contribution in [0.1, 0.15) is 34.6 Å². The number of benzene rings is 2. The van der Waals surface area contributed by atoms with Gasteiger partial charge in [0, 0.05) is 5.39 Å². The summed E-state index contributed by atoms with van der Waals surface area (Å²) in [4.78, 5) is 24.9. The number of H-pyrrole nitrogens is 1. The second-order valence-corrected chi connectivity index (χ2v) is 5.75. The topological polar surface area (TPSA) is 95.1 Å². The van der Waals surface area contributed by atoms with Crippen LogP contribution in [0.4, 0.5) is 0 Å². The fraction of sp³-hybridized carbons (Fsp3) is 0.211. The van der Waals surface area contributed by atoms with Crippen LogP contribution in [0, 0.1) is 0 Å². The summed E-state index contributed by atoms with van der Waals surface area (Å²) in [5.74, 6) is -0.620. The number of carbonyl (C=O) groups excluding carboxylic acids is 1. The number of hydrogen-bond acceptors (Lipinski definition) is 4. The molecule has 1 amide bonds. The Bertz CT molecular complexity index is 948. The number of carbonyl (C=O) groups is 1. The molecule has 128 valence electrons. The van der Waals surface area contributed by atoms with Crippen molar-refractivity contribution in [3.05, 3.63) is 75.6 Å². The zero-order chi connectivity index (χ0) is 17.8. The van der Waals surface area contributed by atoms with Gasteiger partial charge in [0.2, 0.25) is 5.43 Å². The van der Waals surface area contributed by atoms with Gasteiger partial charge in [-0.05, 0) is 29.7 Å². The van der Waals surface area contributed by atoms with Gasteiger partial charge in [0.25, 0.3) is 5.91 Å². The number of para-hydroxylation sites is 1. The van der Waals surface area contributed by atoms with E-state index in [4.69, 9.17) is 0 Å². The lowest BCUT2D eigenvalue weighted by molar-refractivity contribution is 0.0909. The molecule has 1 aromatic heterocycles. The number of nitrogens with zero attached hydrogens (tertiary/aromatic N) is 1. The number of rotatable bonds is 5. The van der Waals surface area contributed by atoms with Crippen molar-refractivity contribution in [2.24, 2.45) is 0 Å². The van der Waals surface area contributed by atoms with Gasteiger partial charge in [-0.3, -0.25) is 14.7 Å². The van der Waals surface area contributed by atoms with Crippen molar-refractivity contribution in [3.63, 3.8) is 0 Å². The third-order valence-corrected chi connectivity index (χ3v) is 4.17. The van der Waals surface area contributed by atoms with Crippen molar-refractivity contribution < 1.29 is 9.90 Å². The smallest absolute Gasteiger partial charge is 0.276 e. The Morgan fingerprint density at radius 1 is 1.20 bits per heavy atom. The van der Waals surface area contributed by atoms with Gasteiger partial charge in [-0.2, -0.15) is 5.10 Å². The zero-order valence-electron chi connectivity index (χ0n) is 13.8. The lowest BCUT2D eigenvalue weighted by atomic mass is 10.0. The third kappa shape index (κ3) is 3.44. The number of aromatic nitrogens is 2. The van der Waals surface area contributed by atoms with Gasteiger partial charge in [0.1, 0.15) is 0 Å². The summed E-state index contributed by atoms with van der Waals surface area (Å²) in [7, 11) is 0. The molecule has 0 bridgehead atoms. The number of aryl methyl sites for hydroxylation is 1. The largest absolute Gasteiger partial charge is 0.394 e. The molecule has 0 radical (unpaired) electrons. The first-order valence-corrected chi connectivity index (χ1v) is 8.12. The Balaban J connectivity index is 1.87. The Hall–Kier alpha value is -2.99. The van der Waals surface area contributed by atoms with Gasteiger partial charge in [-0.1, -0.05) is 43.3 Å². The summed E-state index contributed by atoms with van der Waals surface area (Å²) < 4.78 is 0. The molecule has 0 aliphatic carbocycles. The molecule has 0 saturated heterocycles. The molecule has 6 heteroatoms. The van der Waals surface area contributed by atoms with Crippen LogP contribution in [0.2, 0.25) is 0 Å². The van der Waals surface area contributed by atoms with Crippen molar-refractivity contribution in [2.75, 3.05) is 6.61 Å². The van der Waals surface area contributed by atoms with E-state index < -0.39 is 17.4 Å². The molecular formula is C19H19N3O3. The molecule has 3 N–H and O–H groups in total. The highest BCUT2D eigenvalue weighted by atomic mass is 16.3. The second kappa shape index (κ2) is 7.27. The molecule has 0 fully saturated rings. The number of aliphatic hydroxyl groups excluding tert-OH is 1. The lowest BCUT2D eigenvalue weighted by Crippen LogP contribution is -2.35. The van der Waals surface area contributed by atoms with Crippen molar-refractivity contribution >= 4 is 16.8 Å². The molecule has 1 unspecified atom stereocenters. The SMILES string of the molecule is CCc1ccc(C(CO)NC(=O)c2n[nH]c3ccccc3c2=O)cc1. The molecule has 3 rings (SSSR count). The van der Waals surface area contributed by atoms with Gasteiger partial charge in [0.15, 0.2) is 5.69 Å². The first-order valence-electron chi connectivity index (χ1n) is 8.12. The minimum atomic E-state index is -0.620. The quantitative estimate of drug-likeness (QED) is 0.663. The number of aromatic amines is 1. The van der Waals surface area contributed by atoms with Crippen LogP contribution >= 0.6 is 0 Å². The van der Waals surface area contributed by atoms with E-state index in [-0.39, 0.29) is 12.3 Å². The maximum absolute atomic E-state index is 12.5. The normalized spacial score (nSPS) is 12.1. The Kier molecular flexibility index (Phi) is 4.90. The minimum absolute atomic E-state index is 0.220. The molecule has 0 aliphatic rings. The molecule has 2 aromatic carbocycles. The van der Waals surface area contributed by atoms with E-state index in [1.165, 1.54) is 5.56 Å². The molecule has 0 saturated carbocycles. The van der Waals surface area contributed by atoms with Crippen LogP contribution in [0.5, 0.6) is 0 Å². The highest BCUT2D eigenvalue weighted by Crippen LogP contribution is 2.14. The Morgan fingerprint density at radius 2 is 1.92 bits per heavy atom. The Labute approximate surface area is 144 Å². The van der Waals surface area contributed by atoms with Crippen LogP contribution in [0.15, 0.2) is 53.3 Å². The number of aliphatic hydroxyl groups is 1. The summed E-state index contributed by atoms with van der Waals surface area (Å²) in [5, 5.41) is 19.3. The van der Waals surface area contributed by atoms with Gasteiger partial charge in [0.05, 0.1) is 18.2 Å². The van der Waals surface area contributed by atoms with Crippen LogP contribution < -0.4 is 10.7 Å². The van der Waals surface area contributed by atoms with E-state index >= 15 is 0 Å². The zero-order valence-corrected chi connectivity index (χ0v) is 13.8. The first kappa shape index (κ1) is 16.9. The van der Waals surface area contributed by atoms with Crippen LogP contribution in [-0.4, -0.2) is 27.8 Å². The summed E-state index contributed by atoms with van der Waals surface area (Å²) in [6, 6.07) is 13.9. The molecule has 6 nitrogen and oxygen atoms in total. The van der Waals surface area contributed by atoms with Crippen LogP contribution in [0.25, 0.3) is 10.9 Å². The summed E-state index contributed by atoms with van der Waals surface area (Å²) in [6.07, 6.45) is 0.910. The molecule has 0 spiro atoms. The molecular weight excluding hydrogens is 318 g/mol. The highest BCUT2D eigenvalue weighted by molar-refractivity contribution is 5.95. The van der Waals surface area contributed by atoms with E-state index in [1.54, 1.807) is 24.3 Å². The van der Waals surface area contributed by atoms with Gasteiger partial charge >= 0.3 is 0 Å². The molecule has 25 heavy (non-hydrogen) atoms. The molecule has 3 aromatic rings. The predicted molar refractivity (Wildman–Crippen MR) is 95.5 cm³/mol. The summed E-state index contributed by atoms with van der Waals surface area (Å²) in [6.45, 7) is 1.78. The van der Waals surface area contributed by atoms with Crippen LogP contribution in [-0.2, 0) is 6.42 Å². The summed E-state index contributed by atoms with van der Waals surface area (Å²) in [5.41, 5.74) is 1.84. The van der Waals surface area contributed by atoms with Crippen molar-refractivity contribution in [1.82, 2.24) is 15.5 Å². The second-order valence-electron chi connectivity index (χ2n) is 5.75. The van der Waals surface area contributed by atoms with E-state index in [0.29, 0.717) is 10.9 Å². The fourth-order valence-corrected chi connectivity index (χ4v) is 2.67. The van der Waals surface area contributed by atoms with Crippen molar-refractivity contribution in [1.29, 1.82) is 0 Å². The highest BCUT2D eigenvalue weighted by Gasteiger charge is 2.19. The average Bonchev–Trinajstić information content (AvgIpc) is 2.66. The molecule has 1 heterocycles. The van der Waals surface area contributed by atoms with E-state index in [9.17, 15) is 14.7 Å². The van der Waals surface area contributed by atoms with Gasteiger partial charge < -0.3 is 10.4 Å². The van der Waals surface area contributed by atoms with Crippen molar-refractivity contribution in [3.8, 4) is 0 Å². The Morgan fingerprint density at radius 3 is 2.60 bits per heavy atom. The minimum Gasteiger partial charge on any atom is -0.394 e. The maximum atomic E-state index is 12.5. The third-order valence-electron chi connectivity index (χ3n) is 4.17. The summed E-state index contributed by atoms with van der Waals surface area (Å²) >= 11 is 0. The lowest BCUT2D eigenvalue weighted by Gasteiger charge is -2.16. The number of hydrogen-bond donors (Lipinski definition) is 3. The average molecular weight is 337 g/mol. The standard InChI is InChI=1S/C19H19N3O3/c1-2-12-7-9-13(10-8-12)16(11-23)20-19(25)17-18(24)14-5-3-4-6-15(14)21-22-17/h3-10,16,23H,2,11H2,1H3,(H,20,25)(H,21,24). The monoisotopic (exact) mass is 337 g/mol. The number of amides is 1. The number of nitrogens with one attached hydrogen (secondary N) is 2. The van der Waals surface area contributed by atoms with Crippen LogP contribution in [0.3, 0.4) is 0 Å². The van der Waals surface area contributed by atoms with Crippen molar-refractivity contribution in [2.45, 2.75) is 19.4 Å². The maximum Gasteiger partial charge on any atom is 0.276 e. The molecule has 1 atom stereocenters. The fourth-order valence-electron chi connectivity index (χ4n) is 2.67. The van der Waals surface area contributed by atoms with E-state index in [1.807, 2.05) is 24.3 Å². The molecule has 0 aliphatic heterocycles. The van der Waals surface area contributed by atoms with E-state index in [2.05, 4.69) is 22.4 Å². The van der Waals surface area contributed by atoms with Gasteiger partial charge in [-0.25, -0.2) is 0 Å². The predicted octanol–water partition coefficient (Wildman–Crippen LogP) is 1.95. The number of fused-ring (bicyclic) bond motifs is 1. The van der Waals surface area contributed by atoms with E-state index in [0.717, 1.165) is 12.0 Å².